The van der Waals surface area contributed by atoms with Crippen LogP contribution in [0.1, 0.15) is 55.3 Å². The van der Waals surface area contributed by atoms with Crippen molar-refractivity contribution in [2.75, 3.05) is 18.5 Å². The third-order valence-corrected chi connectivity index (χ3v) is 6.44. The molecule has 0 spiro atoms. The predicted octanol–water partition coefficient (Wildman–Crippen LogP) is 2.59. The Hall–Kier alpha value is -1.64. The highest BCUT2D eigenvalue weighted by Gasteiger charge is 2.23. The topological polar surface area (TPSA) is 105 Å². The van der Waals surface area contributed by atoms with Gasteiger partial charge in [0.15, 0.2) is 0 Å². The van der Waals surface area contributed by atoms with E-state index in [-0.39, 0.29) is 29.1 Å². The Morgan fingerprint density at radius 3 is 2.58 bits per heavy atom. The standard InChI is InChI=1S/C18H26N2O5S/c21-18(22)16-11-15(26(23,24)19-12-14-7-4-10-25-14)8-9-17(16)20-13-5-2-1-3-6-13/h8-9,11,13-14,19-20H,1-7,10,12H2,(H,21,22). The van der Waals surface area contributed by atoms with E-state index in [0.717, 1.165) is 38.5 Å². The van der Waals surface area contributed by atoms with Gasteiger partial charge in [0.1, 0.15) is 0 Å². The van der Waals surface area contributed by atoms with Gasteiger partial charge in [0.05, 0.1) is 16.6 Å². The van der Waals surface area contributed by atoms with E-state index >= 15 is 0 Å². The molecule has 1 aliphatic heterocycles. The molecule has 8 heteroatoms. The van der Waals surface area contributed by atoms with E-state index in [2.05, 4.69) is 10.0 Å². The fraction of sp³-hybridized carbons (Fsp3) is 0.611. The minimum atomic E-state index is -3.77. The van der Waals surface area contributed by atoms with Gasteiger partial charge in [-0.15, -0.1) is 0 Å². The zero-order valence-corrected chi connectivity index (χ0v) is 15.6. The van der Waals surface area contributed by atoms with E-state index in [1.54, 1.807) is 6.07 Å². The Morgan fingerprint density at radius 2 is 1.92 bits per heavy atom. The molecule has 1 aromatic carbocycles. The first kappa shape index (κ1) is 19.1. The summed E-state index contributed by atoms with van der Waals surface area (Å²) < 4.78 is 32.9. The average Bonchev–Trinajstić information content (AvgIpc) is 3.14. The molecule has 0 amide bonds. The van der Waals surface area contributed by atoms with Gasteiger partial charge >= 0.3 is 5.97 Å². The minimum absolute atomic E-state index is 0.0180. The SMILES string of the molecule is O=C(O)c1cc(S(=O)(=O)NCC2CCCO2)ccc1NC1CCCCC1. The van der Waals surface area contributed by atoms with E-state index in [1.807, 2.05) is 0 Å². The first-order valence-corrected chi connectivity index (χ1v) is 10.7. The summed E-state index contributed by atoms with van der Waals surface area (Å²) in [5.41, 5.74) is 0.457. The highest BCUT2D eigenvalue weighted by molar-refractivity contribution is 7.89. The lowest BCUT2D eigenvalue weighted by Crippen LogP contribution is -2.32. The molecule has 7 nitrogen and oxygen atoms in total. The Bertz CT molecular complexity index is 738. The van der Waals surface area contributed by atoms with Crippen LogP contribution in [-0.4, -0.2) is 44.8 Å². The van der Waals surface area contributed by atoms with Gasteiger partial charge in [-0.2, -0.15) is 0 Å². The van der Waals surface area contributed by atoms with Crippen LogP contribution < -0.4 is 10.0 Å². The van der Waals surface area contributed by atoms with Crippen molar-refractivity contribution in [2.45, 2.75) is 62.0 Å². The molecule has 1 aliphatic carbocycles. The number of rotatable bonds is 7. The van der Waals surface area contributed by atoms with Crippen LogP contribution in [0.15, 0.2) is 23.1 Å². The zero-order valence-electron chi connectivity index (χ0n) is 14.7. The summed E-state index contributed by atoms with van der Waals surface area (Å²) in [5, 5.41) is 12.8. The number of anilines is 1. The molecule has 26 heavy (non-hydrogen) atoms. The lowest BCUT2D eigenvalue weighted by Gasteiger charge is -2.24. The number of nitrogens with one attached hydrogen (secondary N) is 2. The number of aromatic carboxylic acids is 1. The van der Waals surface area contributed by atoms with Crippen LogP contribution in [0.4, 0.5) is 5.69 Å². The number of carbonyl (C=O) groups is 1. The number of hydrogen-bond donors (Lipinski definition) is 3. The predicted molar refractivity (Wildman–Crippen MR) is 98.1 cm³/mol. The molecule has 1 heterocycles. The van der Waals surface area contributed by atoms with Gasteiger partial charge < -0.3 is 15.2 Å². The van der Waals surface area contributed by atoms with E-state index in [9.17, 15) is 18.3 Å². The first-order chi connectivity index (χ1) is 12.5. The fourth-order valence-corrected chi connectivity index (χ4v) is 4.64. The van der Waals surface area contributed by atoms with Gasteiger partial charge in [0.25, 0.3) is 0 Å². The lowest BCUT2D eigenvalue weighted by atomic mass is 9.95. The number of hydrogen-bond acceptors (Lipinski definition) is 5. The molecule has 3 N–H and O–H groups in total. The van der Waals surface area contributed by atoms with Crippen molar-refractivity contribution in [2.24, 2.45) is 0 Å². The molecule has 0 bridgehead atoms. The van der Waals surface area contributed by atoms with Crippen molar-refractivity contribution in [1.29, 1.82) is 0 Å². The van der Waals surface area contributed by atoms with Crippen molar-refractivity contribution >= 4 is 21.7 Å². The largest absolute Gasteiger partial charge is 0.478 e. The quantitative estimate of drug-likeness (QED) is 0.669. The van der Waals surface area contributed by atoms with Gasteiger partial charge in [-0.1, -0.05) is 19.3 Å². The molecule has 3 rings (SSSR count). The van der Waals surface area contributed by atoms with Crippen LogP contribution in [0.5, 0.6) is 0 Å². The van der Waals surface area contributed by atoms with Crippen LogP contribution in [0.3, 0.4) is 0 Å². The summed E-state index contributed by atoms with van der Waals surface area (Å²) in [6.07, 6.45) is 7.10. The maximum Gasteiger partial charge on any atom is 0.337 e. The van der Waals surface area contributed by atoms with E-state index < -0.39 is 16.0 Å². The third-order valence-electron chi connectivity index (χ3n) is 5.02. The van der Waals surface area contributed by atoms with E-state index in [1.165, 1.54) is 18.6 Å². The third kappa shape index (κ3) is 4.75. The molecule has 1 saturated heterocycles. The van der Waals surface area contributed by atoms with Gasteiger partial charge in [-0.3, -0.25) is 0 Å². The van der Waals surface area contributed by atoms with E-state index in [0.29, 0.717) is 12.3 Å². The maximum atomic E-state index is 12.5. The first-order valence-electron chi connectivity index (χ1n) is 9.21. The number of ether oxygens (including phenoxy) is 1. The van der Waals surface area contributed by atoms with E-state index in [4.69, 9.17) is 4.74 Å². The number of carboxylic acids is 1. The second-order valence-electron chi connectivity index (χ2n) is 6.98. The number of benzene rings is 1. The van der Waals surface area contributed by atoms with Crippen molar-refractivity contribution in [1.82, 2.24) is 4.72 Å². The van der Waals surface area contributed by atoms with Crippen molar-refractivity contribution < 1.29 is 23.1 Å². The monoisotopic (exact) mass is 382 g/mol. The number of sulfonamides is 1. The smallest absolute Gasteiger partial charge is 0.337 e. The Labute approximate surface area is 154 Å². The molecule has 2 aliphatic rings. The highest BCUT2D eigenvalue weighted by Crippen LogP contribution is 2.26. The molecule has 1 atom stereocenters. The summed E-state index contributed by atoms with van der Waals surface area (Å²) in [5.74, 6) is -1.14. The minimum Gasteiger partial charge on any atom is -0.478 e. The van der Waals surface area contributed by atoms with Gasteiger partial charge in [-0.05, 0) is 43.9 Å². The molecule has 1 aromatic rings. The fourth-order valence-electron chi connectivity index (χ4n) is 3.55. The molecule has 1 unspecified atom stereocenters. The van der Waals surface area contributed by atoms with Gasteiger partial charge in [0.2, 0.25) is 10.0 Å². The summed E-state index contributed by atoms with van der Waals surface area (Å²) in [6.45, 7) is 0.851. The summed E-state index contributed by atoms with van der Waals surface area (Å²) in [6, 6.07) is 4.47. The number of carboxylic acid groups (broad SMARTS) is 1. The van der Waals surface area contributed by atoms with Crippen LogP contribution in [0.25, 0.3) is 0 Å². The van der Waals surface area contributed by atoms with Crippen molar-refractivity contribution in [3.8, 4) is 0 Å². The van der Waals surface area contributed by atoms with Crippen molar-refractivity contribution in [3.63, 3.8) is 0 Å². The molecule has 0 radical (unpaired) electrons. The summed E-state index contributed by atoms with van der Waals surface area (Å²) >= 11 is 0. The van der Waals surface area contributed by atoms with Gasteiger partial charge in [0, 0.05) is 24.9 Å². The maximum absolute atomic E-state index is 12.5. The molecular formula is C18H26N2O5S. The normalized spacial score (nSPS) is 21.6. The molecule has 144 valence electrons. The molecule has 0 aromatic heterocycles. The zero-order chi connectivity index (χ0) is 18.6. The summed E-state index contributed by atoms with van der Waals surface area (Å²) in [7, 11) is -3.77. The Morgan fingerprint density at radius 1 is 1.15 bits per heavy atom. The van der Waals surface area contributed by atoms with Crippen molar-refractivity contribution in [3.05, 3.63) is 23.8 Å². The second-order valence-corrected chi connectivity index (χ2v) is 8.75. The highest BCUT2D eigenvalue weighted by atomic mass is 32.2. The van der Waals surface area contributed by atoms with Crippen LogP contribution in [0.2, 0.25) is 0 Å². The summed E-state index contributed by atoms with van der Waals surface area (Å²) in [4.78, 5) is 11.6. The second kappa shape index (κ2) is 8.37. The lowest BCUT2D eigenvalue weighted by molar-refractivity contribution is 0.0697. The van der Waals surface area contributed by atoms with Crippen LogP contribution in [0, 0.1) is 0 Å². The van der Waals surface area contributed by atoms with Crippen LogP contribution in [-0.2, 0) is 14.8 Å². The van der Waals surface area contributed by atoms with Crippen LogP contribution >= 0.6 is 0 Å². The van der Waals surface area contributed by atoms with Gasteiger partial charge in [-0.25, -0.2) is 17.9 Å². The molecule has 2 fully saturated rings. The molecular weight excluding hydrogens is 356 g/mol. The Balaban J connectivity index is 1.74. The Kier molecular flexibility index (Phi) is 6.16. The molecule has 1 saturated carbocycles. The average molecular weight is 382 g/mol.